The van der Waals surface area contributed by atoms with Gasteiger partial charge in [-0.05, 0) is 0 Å². The summed E-state index contributed by atoms with van der Waals surface area (Å²) in [6, 6.07) is 0. The minimum atomic E-state index is -3.83. The lowest BCUT2D eigenvalue weighted by Gasteiger charge is -2.00. The predicted octanol–water partition coefficient (Wildman–Crippen LogP) is 1.04. The van der Waals surface area contributed by atoms with Gasteiger partial charge in [-0.25, -0.2) is 13.6 Å². The molecule has 2 N–H and O–H groups in total. The van der Waals surface area contributed by atoms with Crippen LogP contribution in [0.3, 0.4) is 0 Å². The van der Waals surface area contributed by atoms with E-state index < -0.39 is 10.0 Å². The van der Waals surface area contributed by atoms with Crippen LogP contribution in [0.5, 0.6) is 0 Å². The SMILES string of the molecule is NS(=O)(=O)c1cncc(Cl)c1Cl. The number of nitrogens with two attached hydrogens (primary N) is 1. The normalized spacial score (nSPS) is 11.6. The lowest BCUT2D eigenvalue weighted by atomic mass is 10.5. The van der Waals surface area contributed by atoms with Gasteiger partial charge in [-0.2, -0.15) is 0 Å². The van der Waals surface area contributed by atoms with Crippen LogP contribution in [0.15, 0.2) is 17.3 Å². The van der Waals surface area contributed by atoms with Gasteiger partial charge < -0.3 is 0 Å². The molecule has 12 heavy (non-hydrogen) atoms. The average Bonchev–Trinajstić information content (AvgIpc) is 1.92. The molecule has 0 aromatic carbocycles. The van der Waals surface area contributed by atoms with Gasteiger partial charge in [0.1, 0.15) is 4.90 Å². The van der Waals surface area contributed by atoms with E-state index in [1.165, 1.54) is 6.20 Å². The number of halogens is 2. The van der Waals surface area contributed by atoms with Gasteiger partial charge in [0.15, 0.2) is 0 Å². The lowest BCUT2D eigenvalue weighted by molar-refractivity contribution is 0.597. The Morgan fingerprint density at radius 2 is 1.92 bits per heavy atom. The highest BCUT2D eigenvalue weighted by Crippen LogP contribution is 2.26. The van der Waals surface area contributed by atoms with Gasteiger partial charge in [0, 0.05) is 12.4 Å². The van der Waals surface area contributed by atoms with Gasteiger partial charge in [-0.3, -0.25) is 4.98 Å². The summed E-state index contributed by atoms with van der Waals surface area (Å²) in [5.41, 5.74) is 0. The molecular weight excluding hydrogens is 223 g/mol. The lowest BCUT2D eigenvalue weighted by Crippen LogP contribution is -2.13. The van der Waals surface area contributed by atoms with Crippen molar-refractivity contribution in [1.82, 2.24) is 4.98 Å². The maximum absolute atomic E-state index is 10.8. The second kappa shape index (κ2) is 3.18. The Bertz CT molecular complexity index is 404. The van der Waals surface area contributed by atoms with Crippen LogP contribution in [-0.4, -0.2) is 13.4 Å². The molecule has 0 spiro atoms. The molecule has 0 amide bonds. The third-order valence-corrected chi connectivity index (χ3v) is 2.94. The Labute approximate surface area is 79.4 Å². The van der Waals surface area contributed by atoms with Gasteiger partial charge in [0.05, 0.1) is 10.0 Å². The molecule has 0 radical (unpaired) electrons. The van der Waals surface area contributed by atoms with Crippen LogP contribution in [-0.2, 0) is 10.0 Å². The Morgan fingerprint density at radius 1 is 1.33 bits per heavy atom. The molecule has 1 heterocycles. The van der Waals surface area contributed by atoms with Crippen LogP contribution in [0.2, 0.25) is 10.0 Å². The van der Waals surface area contributed by atoms with Crippen LogP contribution < -0.4 is 5.14 Å². The van der Waals surface area contributed by atoms with E-state index in [-0.39, 0.29) is 14.9 Å². The zero-order valence-corrected chi connectivity index (χ0v) is 7.99. The number of nitrogens with zero attached hydrogens (tertiary/aromatic N) is 1. The summed E-state index contributed by atoms with van der Waals surface area (Å²) in [6.07, 6.45) is 2.28. The Kier molecular flexibility index (Phi) is 2.58. The second-order valence-electron chi connectivity index (χ2n) is 1.98. The Hall–Kier alpha value is -0.360. The summed E-state index contributed by atoms with van der Waals surface area (Å²) in [7, 11) is -3.83. The number of hydrogen-bond donors (Lipinski definition) is 1. The molecule has 0 aliphatic carbocycles. The van der Waals surface area contributed by atoms with Crippen molar-refractivity contribution in [3.8, 4) is 0 Å². The van der Waals surface area contributed by atoms with E-state index in [4.69, 9.17) is 28.3 Å². The number of pyridine rings is 1. The largest absolute Gasteiger partial charge is 0.262 e. The summed E-state index contributed by atoms with van der Waals surface area (Å²) >= 11 is 11.1. The minimum Gasteiger partial charge on any atom is -0.262 e. The highest BCUT2D eigenvalue weighted by atomic mass is 35.5. The molecule has 0 saturated heterocycles. The van der Waals surface area contributed by atoms with Crippen LogP contribution in [0, 0.1) is 0 Å². The molecule has 1 aromatic rings. The first-order valence-electron chi connectivity index (χ1n) is 2.74. The molecule has 0 aliphatic rings. The third-order valence-electron chi connectivity index (χ3n) is 1.11. The number of sulfonamides is 1. The minimum absolute atomic E-state index is 0.0585. The molecule has 0 atom stereocenters. The van der Waals surface area contributed by atoms with Crippen molar-refractivity contribution in [1.29, 1.82) is 0 Å². The molecule has 4 nitrogen and oxygen atoms in total. The first kappa shape index (κ1) is 9.73. The van der Waals surface area contributed by atoms with E-state index >= 15 is 0 Å². The van der Waals surface area contributed by atoms with Gasteiger partial charge >= 0.3 is 0 Å². The molecule has 7 heteroatoms. The monoisotopic (exact) mass is 226 g/mol. The maximum Gasteiger partial charge on any atom is 0.241 e. The molecule has 1 aromatic heterocycles. The number of primary sulfonamides is 1. The highest BCUT2D eigenvalue weighted by Gasteiger charge is 2.14. The fourth-order valence-corrected chi connectivity index (χ4v) is 1.80. The van der Waals surface area contributed by atoms with E-state index in [1.54, 1.807) is 0 Å². The molecule has 0 fully saturated rings. The summed E-state index contributed by atoms with van der Waals surface area (Å²) in [5.74, 6) is 0. The fourth-order valence-electron chi connectivity index (χ4n) is 0.600. The maximum atomic E-state index is 10.8. The van der Waals surface area contributed by atoms with Crippen molar-refractivity contribution in [2.45, 2.75) is 4.90 Å². The summed E-state index contributed by atoms with van der Waals surface area (Å²) < 4.78 is 21.6. The van der Waals surface area contributed by atoms with Gasteiger partial charge in [0.2, 0.25) is 10.0 Å². The summed E-state index contributed by atoms with van der Waals surface area (Å²) in [6.45, 7) is 0. The zero-order chi connectivity index (χ0) is 9.35. The molecule has 66 valence electrons. The topological polar surface area (TPSA) is 73.1 Å². The van der Waals surface area contributed by atoms with E-state index in [0.29, 0.717) is 0 Å². The molecule has 1 rings (SSSR count). The van der Waals surface area contributed by atoms with Gasteiger partial charge in [0.25, 0.3) is 0 Å². The van der Waals surface area contributed by atoms with Crippen molar-refractivity contribution in [2.75, 3.05) is 0 Å². The number of aromatic nitrogens is 1. The molecule has 0 unspecified atom stereocenters. The molecule has 0 bridgehead atoms. The van der Waals surface area contributed by atoms with E-state index in [2.05, 4.69) is 4.98 Å². The average molecular weight is 227 g/mol. The van der Waals surface area contributed by atoms with Gasteiger partial charge in [-0.1, -0.05) is 23.2 Å². The van der Waals surface area contributed by atoms with E-state index in [0.717, 1.165) is 6.20 Å². The summed E-state index contributed by atoms with van der Waals surface area (Å²) in [5, 5.41) is 4.77. The second-order valence-corrected chi connectivity index (χ2v) is 4.29. The van der Waals surface area contributed by atoms with Crippen molar-refractivity contribution in [3.05, 3.63) is 22.4 Å². The zero-order valence-electron chi connectivity index (χ0n) is 5.66. The van der Waals surface area contributed by atoms with Crippen LogP contribution in [0.1, 0.15) is 0 Å². The Balaban J connectivity index is 3.47. The Morgan fingerprint density at radius 3 is 2.33 bits per heavy atom. The van der Waals surface area contributed by atoms with Crippen LogP contribution in [0.4, 0.5) is 0 Å². The van der Waals surface area contributed by atoms with Crippen LogP contribution in [0.25, 0.3) is 0 Å². The van der Waals surface area contributed by atoms with Crippen molar-refractivity contribution in [3.63, 3.8) is 0 Å². The number of hydrogen-bond acceptors (Lipinski definition) is 3. The smallest absolute Gasteiger partial charge is 0.241 e. The molecular formula is C5H4Cl2N2O2S. The van der Waals surface area contributed by atoms with Gasteiger partial charge in [-0.15, -0.1) is 0 Å². The van der Waals surface area contributed by atoms with Crippen molar-refractivity contribution >= 4 is 33.2 Å². The quantitative estimate of drug-likeness (QED) is 0.778. The summed E-state index contributed by atoms with van der Waals surface area (Å²) in [4.78, 5) is 3.27. The van der Waals surface area contributed by atoms with E-state index in [1.807, 2.05) is 0 Å². The predicted molar refractivity (Wildman–Crippen MR) is 45.6 cm³/mol. The third kappa shape index (κ3) is 1.87. The first-order chi connectivity index (χ1) is 5.43. The fraction of sp³-hybridized carbons (Fsp3) is 0. The molecule has 0 aliphatic heterocycles. The van der Waals surface area contributed by atoms with Crippen molar-refractivity contribution < 1.29 is 8.42 Å². The first-order valence-corrected chi connectivity index (χ1v) is 5.05. The van der Waals surface area contributed by atoms with E-state index in [9.17, 15) is 8.42 Å². The standard InChI is InChI=1S/C5H4Cl2N2O2S/c6-3-1-9-2-4(5(3)7)12(8,10)11/h1-2H,(H2,8,10,11). The highest BCUT2D eigenvalue weighted by molar-refractivity contribution is 7.89. The van der Waals surface area contributed by atoms with Crippen molar-refractivity contribution in [2.24, 2.45) is 5.14 Å². The number of rotatable bonds is 1. The van der Waals surface area contributed by atoms with Crippen LogP contribution >= 0.6 is 23.2 Å². The molecule has 0 saturated carbocycles.